The number of esters is 2. The van der Waals surface area contributed by atoms with E-state index in [0.29, 0.717) is 0 Å². The Labute approximate surface area is 207 Å². The van der Waals surface area contributed by atoms with Crippen molar-refractivity contribution in [2.24, 2.45) is 0 Å². The number of rotatable bonds is 7. The number of carbonyl (C=O) groups is 4. The zero-order valence-electron chi connectivity index (χ0n) is 18.6. The smallest absolute Gasteiger partial charge is 0.419 e. The lowest BCUT2D eigenvalue weighted by atomic mass is 10.6. The molecule has 0 spiro atoms. The van der Waals surface area contributed by atoms with Crippen LogP contribution in [0.4, 0.5) is 9.59 Å². The summed E-state index contributed by atoms with van der Waals surface area (Å²) in [4.78, 5) is 54.5. The molecule has 14 nitrogen and oxygen atoms in total. The van der Waals surface area contributed by atoms with Crippen LogP contribution in [0.15, 0.2) is 81.5 Å². The van der Waals surface area contributed by atoms with Crippen molar-refractivity contribution in [3.63, 3.8) is 0 Å². The van der Waals surface area contributed by atoms with Crippen LogP contribution in [0.2, 0.25) is 0 Å². The van der Waals surface area contributed by atoms with Gasteiger partial charge >= 0.3 is 24.1 Å². The minimum atomic E-state index is -0.567. The van der Waals surface area contributed by atoms with E-state index in [1.165, 1.54) is 45.1 Å². The third-order valence-electron chi connectivity index (χ3n) is 3.39. The Bertz CT molecular complexity index is 1010. The van der Waals surface area contributed by atoms with Crippen LogP contribution in [0.25, 0.3) is 0 Å². The van der Waals surface area contributed by atoms with Crippen molar-refractivity contribution < 1.29 is 38.5 Å². The van der Waals surface area contributed by atoms with Crippen molar-refractivity contribution in [2.45, 2.75) is 7.43 Å². The van der Waals surface area contributed by atoms with Crippen LogP contribution < -0.4 is 0 Å². The van der Waals surface area contributed by atoms with Gasteiger partial charge in [0.05, 0.1) is 6.61 Å². The van der Waals surface area contributed by atoms with Crippen LogP contribution in [0.3, 0.4) is 0 Å². The van der Waals surface area contributed by atoms with Crippen molar-refractivity contribution in [1.82, 2.24) is 28.7 Å². The minimum absolute atomic E-state index is 0. The lowest BCUT2D eigenvalue weighted by molar-refractivity contribution is -0.139. The Hall–Kier alpha value is -4.85. The van der Waals surface area contributed by atoms with E-state index in [-0.39, 0.29) is 39.9 Å². The number of imidazole rings is 3. The number of nitrogens with zero attached hydrogens (tertiary/aromatic N) is 6. The van der Waals surface area contributed by atoms with E-state index in [9.17, 15) is 19.2 Å². The topological polar surface area (TPSA) is 170 Å². The average Bonchev–Trinajstić information content (AvgIpc) is 3.68. The molecule has 0 aliphatic heterocycles. The van der Waals surface area contributed by atoms with Crippen molar-refractivity contribution in [2.75, 3.05) is 26.4 Å². The van der Waals surface area contributed by atoms with E-state index in [2.05, 4.69) is 37.6 Å². The van der Waals surface area contributed by atoms with Crippen molar-refractivity contribution in [1.29, 1.82) is 0 Å². The van der Waals surface area contributed by atoms with Crippen molar-refractivity contribution in [3.05, 3.63) is 81.5 Å². The molecule has 0 bridgehead atoms. The van der Waals surface area contributed by atoms with E-state index in [0.717, 1.165) is 12.2 Å². The Morgan fingerprint density at radius 1 is 0.722 bits per heavy atom. The largest absolute Gasteiger partial charge is 0.460 e. The summed E-state index contributed by atoms with van der Waals surface area (Å²) in [5.74, 6) is -1.05. The summed E-state index contributed by atoms with van der Waals surface area (Å²) in [6.45, 7) is 6.29. The number of carbonyl (C=O) groups excluding carboxylic acids is 4. The van der Waals surface area contributed by atoms with Crippen molar-refractivity contribution in [3.8, 4) is 0 Å². The Balaban J connectivity index is 0.000000527. The number of hydrogen-bond donors (Lipinski definition) is 1. The maximum absolute atomic E-state index is 11.4. The molecule has 0 amide bonds. The fourth-order valence-electron chi connectivity index (χ4n) is 1.85. The highest BCUT2D eigenvalue weighted by Gasteiger charge is 2.05. The molecule has 3 rings (SSSR count). The molecule has 0 atom stereocenters. The summed E-state index contributed by atoms with van der Waals surface area (Å²) in [7, 11) is 0. The number of aliphatic hydroxyl groups excluding tert-OH is 1. The van der Waals surface area contributed by atoms with Gasteiger partial charge < -0.3 is 19.3 Å². The molecule has 3 aromatic rings. The Morgan fingerprint density at radius 2 is 1.14 bits per heavy atom. The predicted molar refractivity (Wildman–Crippen MR) is 126 cm³/mol. The van der Waals surface area contributed by atoms with Crippen LogP contribution in [0.1, 0.15) is 7.43 Å². The fraction of sp³-hybridized carbons (Fsp3) is 0.227. The zero-order valence-corrected chi connectivity index (χ0v) is 18.6. The van der Waals surface area contributed by atoms with Crippen LogP contribution in [0.5, 0.6) is 0 Å². The van der Waals surface area contributed by atoms with Gasteiger partial charge in [-0.3, -0.25) is 9.13 Å². The molecule has 0 radical (unpaired) electrons. The highest BCUT2D eigenvalue weighted by Crippen LogP contribution is 1.92. The molecule has 0 aromatic carbocycles. The first-order chi connectivity index (χ1) is 16.9. The first-order valence-corrected chi connectivity index (χ1v) is 9.77. The standard InChI is InChI=1S/C9H10N2O4.C7H6N4O.C5H8O3.CH4/c1-2-8(12)14-5-6-15-9(13)11-4-3-10-7-11;12-7(10-3-1-8-5-10)11-4-2-9-6-11;1-2-5(7)8-4-3-6;/h2-4,7H,1,5-6H2;1-6H;2,6H,1,3-4H2;1H4. The van der Waals surface area contributed by atoms with Gasteiger partial charge in [0.25, 0.3) is 0 Å². The molecule has 0 saturated carbocycles. The van der Waals surface area contributed by atoms with Gasteiger partial charge in [0.2, 0.25) is 0 Å². The average molecular weight is 505 g/mol. The molecule has 0 fully saturated rings. The Kier molecular flexibility index (Phi) is 16.1. The summed E-state index contributed by atoms with van der Waals surface area (Å²) >= 11 is 0. The van der Waals surface area contributed by atoms with Crippen LogP contribution >= 0.6 is 0 Å². The monoisotopic (exact) mass is 504 g/mol. The van der Waals surface area contributed by atoms with Gasteiger partial charge in [0, 0.05) is 49.3 Å². The molecular weight excluding hydrogens is 476 g/mol. The maximum atomic E-state index is 11.4. The first-order valence-electron chi connectivity index (χ1n) is 9.77. The summed E-state index contributed by atoms with van der Waals surface area (Å²) in [5, 5.41) is 8.10. The van der Waals surface area contributed by atoms with Gasteiger partial charge in [0.15, 0.2) is 0 Å². The van der Waals surface area contributed by atoms with E-state index >= 15 is 0 Å². The normalized spacial score (nSPS) is 9.03. The molecule has 14 heteroatoms. The Morgan fingerprint density at radius 3 is 1.53 bits per heavy atom. The van der Waals surface area contributed by atoms with Crippen molar-refractivity contribution >= 4 is 24.1 Å². The van der Waals surface area contributed by atoms with E-state index in [4.69, 9.17) is 9.84 Å². The molecule has 194 valence electrons. The second-order valence-corrected chi connectivity index (χ2v) is 5.77. The molecular formula is C22H28N6O8. The molecule has 3 heterocycles. The highest BCUT2D eigenvalue weighted by molar-refractivity contribution is 5.81. The highest BCUT2D eigenvalue weighted by atomic mass is 16.6. The second kappa shape index (κ2) is 18.6. The SMILES string of the molecule is C.C=CC(=O)OCCO.C=CC(=O)OCCOC(=O)n1ccnc1.O=C(n1ccnc1)n1ccnc1. The molecule has 0 aliphatic rings. The summed E-state index contributed by atoms with van der Waals surface area (Å²) in [6.07, 6.45) is 14.9. The number of aliphatic hydroxyl groups is 1. The van der Waals surface area contributed by atoms with Gasteiger partial charge in [-0.25, -0.2) is 38.7 Å². The maximum Gasteiger partial charge on any atom is 0.419 e. The third-order valence-corrected chi connectivity index (χ3v) is 3.39. The number of ether oxygens (including phenoxy) is 3. The fourth-order valence-corrected chi connectivity index (χ4v) is 1.85. The molecule has 0 saturated heterocycles. The third kappa shape index (κ3) is 12.4. The van der Waals surface area contributed by atoms with Crippen LogP contribution in [-0.4, -0.2) is 84.3 Å². The second-order valence-electron chi connectivity index (χ2n) is 5.77. The number of hydrogen-bond acceptors (Lipinski definition) is 11. The summed E-state index contributed by atoms with van der Waals surface area (Å²) < 4.78 is 17.6. The lowest BCUT2D eigenvalue weighted by Crippen LogP contribution is -2.16. The minimum Gasteiger partial charge on any atom is -0.460 e. The first kappa shape index (κ1) is 31.1. The predicted octanol–water partition coefficient (Wildman–Crippen LogP) is 1.54. The molecule has 1 N–H and O–H groups in total. The van der Waals surface area contributed by atoms with Crippen LogP contribution in [0, 0.1) is 0 Å². The summed E-state index contributed by atoms with van der Waals surface area (Å²) in [6, 6.07) is -0.190. The summed E-state index contributed by atoms with van der Waals surface area (Å²) in [5.41, 5.74) is 0. The van der Waals surface area contributed by atoms with E-state index in [1.807, 2.05) is 0 Å². The van der Waals surface area contributed by atoms with Gasteiger partial charge in [-0.2, -0.15) is 0 Å². The van der Waals surface area contributed by atoms with E-state index in [1.54, 1.807) is 24.8 Å². The molecule has 0 aliphatic carbocycles. The lowest BCUT2D eigenvalue weighted by Gasteiger charge is -2.04. The zero-order chi connectivity index (χ0) is 25.9. The van der Waals surface area contributed by atoms with E-state index < -0.39 is 18.0 Å². The number of aromatic nitrogens is 6. The van der Waals surface area contributed by atoms with Gasteiger partial charge in [-0.1, -0.05) is 20.6 Å². The van der Waals surface area contributed by atoms with Gasteiger partial charge in [-0.05, 0) is 0 Å². The van der Waals surface area contributed by atoms with Gasteiger partial charge in [0.1, 0.15) is 38.8 Å². The molecule has 36 heavy (non-hydrogen) atoms. The van der Waals surface area contributed by atoms with Gasteiger partial charge in [-0.15, -0.1) is 0 Å². The molecule has 0 unspecified atom stereocenters. The molecule has 3 aromatic heterocycles. The quantitative estimate of drug-likeness (QED) is 0.214. The van der Waals surface area contributed by atoms with Crippen LogP contribution in [-0.2, 0) is 23.8 Å².